The molecule has 0 spiro atoms. The number of allylic oxidation sites excluding steroid dienone is 2. The molecular weight excluding hydrogens is 807 g/mol. The van der Waals surface area contributed by atoms with Crippen LogP contribution in [0.2, 0.25) is 0 Å². The molecule has 2 heterocycles. The largest absolute Gasteiger partial charge is 0.512 e. The second kappa shape index (κ2) is 16.4. The minimum Gasteiger partial charge on any atom is -0.512 e. The van der Waals surface area contributed by atoms with Crippen molar-refractivity contribution in [1.82, 2.24) is 4.98 Å². The van der Waals surface area contributed by atoms with Gasteiger partial charge in [0.2, 0.25) is 0 Å². The second-order valence-electron chi connectivity index (χ2n) is 15.9. The molecule has 1 aliphatic rings. The molecule has 0 aliphatic carbocycles. The van der Waals surface area contributed by atoms with Gasteiger partial charge in [0.15, 0.2) is 5.78 Å². The van der Waals surface area contributed by atoms with Crippen LogP contribution in [0.15, 0.2) is 72.6 Å². The van der Waals surface area contributed by atoms with Crippen molar-refractivity contribution in [3.8, 4) is 22.8 Å². The van der Waals surface area contributed by atoms with Crippen molar-refractivity contribution in [1.29, 1.82) is 0 Å². The van der Waals surface area contributed by atoms with Crippen molar-refractivity contribution in [2.45, 2.75) is 108 Å². The van der Waals surface area contributed by atoms with Crippen LogP contribution in [0.4, 0.5) is 0 Å². The van der Waals surface area contributed by atoms with Gasteiger partial charge in [-0.2, -0.15) is 0 Å². The maximum Gasteiger partial charge on any atom is 0.164 e. The number of fused-ring (bicyclic) bond motifs is 5. The summed E-state index contributed by atoms with van der Waals surface area (Å²) in [6.45, 7) is 21.3. The number of ether oxygens (including phenoxy) is 1. The Bertz CT molecular complexity index is 2100. The van der Waals surface area contributed by atoms with Gasteiger partial charge in [-0.05, 0) is 83.7 Å². The molecule has 273 valence electrons. The molecule has 51 heavy (non-hydrogen) atoms. The molecule has 0 unspecified atom stereocenters. The van der Waals surface area contributed by atoms with Crippen LogP contribution in [0.25, 0.3) is 43.6 Å². The second-order valence-corrected chi connectivity index (χ2v) is 15.9. The van der Waals surface area contributed by atoms with Crippen molar-refractivity contribution in [3.63, 3.8) is 0 Å². The molecule has 1 radical (unpaired) electrons. The molecule has 0 saturated heterocycles. The number of ketones is 1. The van der Waals surface area contributed by atoms with E-state index in [1.807, 2.05) is 40.7 Å². The molecule has 1 N–H and O–H groups in total. The summed E-state index contributed by atoms with van der Waals surface area (Å²) in [7, 11) is 0. The Labute approximate surface area is 320 Å². The zero-order valence-corrected chi connectivity index (χ0v) is 34.6. The zero-order valence-electron chi connectivity index (χ0n) is 33.2. The summed E-state index contributed by atoms with van der Waals surface area (Å²) in [6.07, 6.45) is 6.97. The SMILES string of the molecule is CCC(CC)/C(O)=C/C(=O)C(C)(CC)CC.[2H]c1cc2c3c(cc4c(CC(C)(C)C)cccc42)Oc2c([c-]c4ccccc4c2CC(C)C)-c3n1.[Ir]. The Balaban J connectivity index is 0.000000305. The molecule has 0 saturated carbocycles. The number of pyridine rings is 1. The number of hydrogen-bond donors (Lipinski definition) is 1. The number of aliphatic hydroxyl groups is 1. The maximum absolute atomic E-state index is 12.0. The van der Waals surface area contributed by atoms with Gasteiger partial charge < -0.3 is 9.84 Å². The van der Waals surface area contributed by atoms with E-state index >= 15 is 0 Å². The van der Waals surface area contributed by atoms with Gasteiger partial charge in [-0.15, -0.1) is 17.5 Å². The molecule has 4 nitrogen and oxygen atoms in total. The summed E-state index contributed by atoms with van der Waals surface area (Å²) in [4.78, 5) is 16.8. The quantitative estimate of drug-likeness (QED) is 0.0645. The monoisotopic (exact) mass is 864 g/mol. The summed E-state index contributed by atoms with van der Waals surface area (Å²) in [6, 6.07) is 22.6. The van der Waals surface area contributed by atoms with Crippen molar-refractivity contribution >= 4 is 38.1 Å². The average Bonchev–Trinajstić information content (AvgIpc) is 3.08. The Morgan fingerprint density at radius 1 is 0.941 bits per heavy atom. The smallest absolute Gasteiger partial charge is 0.164 e. The molecule has 4 aromatic carbocycles. The fourth-order valence-electron chi connectivity index (χ4n) is 7.14. The van der Waals surface area contributed by atoms with Crippen LogP contribution < -0.4 is 4.74 Å². The molecule has 0 bridgehead atoms. The Morgan fingerprint density at radius 3 is 2.24 bits per heavy atom. The van der Waals surface area contributed by atoms with E-state index in [4.69, 9.17) is 11.1 Å². The van der Waals surface area contributed by atoms with Crippen LogP contribution >= 0.6 is 0 Å². The first-order chi connectivity index (χ1) is 24.1. The van der Waals surface area contributed by atoms with Crippen molar-refractivity contribution in [3.05, 3.63) is 89.8 Å². The molecule has 0 fully saturated rings. The van der Waals surface area contributed by atoms with Gasteiger partial charge in [-0.25, -0.2) is 0 Å². The fourth-order valence-corrected chi connectivity index (χ4v) is 7.14. The van der Waals surface area contributed by atoms with Gasteiger partial charge in [0.05, 0.1) is 12.9 Å². The summed E-state index contributed by atoms with van der Waals surface area (Å²) in [5.74, 6) is 2.59. The van der Waals surface area contributed by atoms with Crippen LogP contribution in [-0.4, -0.2) is 15.9 Å². The van der Waals surface area contributed by atoms with Crippen LogP contribution in [0.1, 0.15) is 107 Å². The number of carbonyl (C=O) groups excluding carboxylic acids is 1. The van der Waals surface area contributed by atoms with E-state index in [2.05, 4.69) is 89.2 Å². The number of hydrogen-bond acceptors (Lipinski definition) is 4. The van der Waals surface area contributed by atoms with Gasteiger partial charge in [-0.3, -0.25) is 9.78 Å². The molecule has 6 rings (SSSR count). The molecule has 1 aliphatic heterocycles. The minimum atomic E-state index is -0.319. The van der Waals surface area contributed by atoms with E-state index in [0.717, 1.165) is 82.8 Å². The van der Waals surface area contributed by atoms with Gasteiger partial charge in [0, 0.05) is 54.8 Å². The van der Waals surface area contributed by atoms with E-state index in [1.54, 1.807) is 0 Å². The van der Waals surface area contributed by atoms with E-state index in [1.165, 1.54) is 28.0 Å². The molecule has 5 aromatic rings. The first kappa shape index (κ1) is 38.7. The van der Waals surface area contributed by atoms with E-state index < -0.39 is 0 Å². The van der Waals surface area contributed by atoms with Crippen LogP contribution in [0, 0.1) is 28.7 Å². The third kappa shape index (κ3) is 8.42. The maximum atomic E-state index is 12.0. The third-order valence-electron chi connectivity index (χ3n) is 10.5. The van der Waals surface area contributed by atoms with Crippen LogP contribution in [0.3, 0.4) is 0 Å². The summed E-state index contributed by atoms with van der Waals surface area (Å²) < 4.78 is 15.4. The van der Waals surface area contributed by atoms with E-state index in [0.29, 0.717) is 5.92 Å². The van der Waals surface area contributed by atoms with Crippen LogP contribution in [-0.2, 0) is 37.7 Å². The zero-order chi connectivity index (χ0) is 37.2. The van der Waals surface area contributed by atoms with Gasteiger partial charge in [-0.1, -0.05) is 122 Å². The number of nitrogens with zero attached hydrogens (tertiary/aromatic N) is 1. The molecular formula is C46H56IrNO3-. The van der Waals surface area contributed by atoms with Crippen LogP contribution in [0.5, 0.6) is 11.5 Å². The minimum absolute atomic E-state index is 0. The Hall–Kier alpha value is -3.53. The van der Waals surface area contributed by atoms with Gasteiger partial charge in [0.25, 0.3) is 0 Å². The Morgan fingerprint density at radius 2 is 1.61 bits per heavy atom. The summed E-state index contributed by atoms with van der Waals surface area (Å²) >= 11 is 0. The average molecular weight is 864 g/mol. The van der Waals surface area contributed by atoms with E-state index in [-0.39, 0.29) is 54.6 Å². The summed E-state index contributed by atoms with van der Waals surface area (Å²) in [5, 5.41) is 16.5. The fraction of sp³-hybridized carbons (Fsp3) is 0.435. The molecule has 5 heteroatoms. The number of aromatic nitrogens is 1. The number of rotatable bonds is 10. The predicted molar refractivity (Wildman–Crippen MR) is 211 cm³/mol. The predicted octanol–water partition coefficient (Wildman–Crippen LogP) is 13.2. The number of benzene rings is 4. The normalized spacial score (nSPS) is 13.1. The van der Waals surface area contributed by atoms with Crippen molar-refractivity contribution in [2.75, 3.05) is 0 Å². The number of aliphatic hydroxyl groups excluding tert-OH is 1. The van der Waals surface area contributed by atoms with Gasteiger partial charge >= 0.3 is 0 Å². The summed E-state index contributed by atoms with van der Waals surface area (Å²) in [5.41, 5.74) is 4.03. The van der Waals surface area contributed by atoms with E-state index in [9.17, 15) is 9.90 Å². The first-order valence-corrected chi connectivity index (χ1v) is 18.6. The molecule has 0 amide bonds. The Kier molecular flexibility index (Phi) is 12.5. The van der Waals surface area contributed by atoms with Gasteiger partial charge in [0.1, 0.15) is 5.75 Å². The number of carbonyl (C=O) groups is 1. The first-order valence-electron chi connectivity index (χ1n) is 19.1. The topological polar surface area (TPSA) is 59.4 Å². The third-order valence-corrected chi connectivity index (χ3v) is 10.5. The van der Waals surface area contributed by atoms with Crippen molar-refractivity contribution < 1.29 is 36.1 Å². The van der Waals surface area contributed by atoms with Crippen molar-refractivity contribution in [2.24, 2.45) is 22.7 Å². The standard InChI is InChI=1S/C32H30NO.C14H26O2.Ir/c1-19(2)15-26-22-11-7-6-9-20(22)16-27-30-29-24(13-14-33-30)23-12-8-10-21(18-32(3,4)5)25(23)17-28(29)34-31(26)27;1-6-11(7-2)12(15)10-13(16)14(5,8-3)9-4;/h6-14,17,19H,15,18H2,1-5H3;10-11,15H,6-9H2,1-5H3;/q-1;;/b;12-10-;/i14D;;. The molecule has 0 atom stereocenters. The molecule has 1 aromatic heterocycles.